The van der Waals surface area contributed by atoms with Crippen LogP contribution < -0.4 is 10.6 Å². The number of hydrogen-bond donors (Lipinski definition) is 2. The third-order valence-corrected chi connectivity index (χ3v) is 4.57. The van der Waals surface area contributed by atoms with E-state index in [9.17, 15) is 14.0 Å². The van der Waals surface area contributed by atoms with Gasteiger partial charge in [0.2, 0.25) is 5.91 Å². The quantitative estimate of drug-likeness (QED) is 0.492. The van der Waals surface area contributed by atoms with Crippen molar-refractivity contribution < 1.29 is 14.0 Å². The number of nitrogens with zero attached hydrogens (tertiary/aromatic N) is 1. The van der Waals surface area contributed by atoms with E-state index in [2.05, 4.69) is 15.6 Å². The zero-order chi connectivity index (χ0) is 21.1. The number of anilines is 2. The van der Waals surface area contributed by atoms with Crippen LogP contribution in [0.3, 0.4) is 0 Å². The first-order valence-electron chi connectivity index (χ1n) is 9.35. The van der Waals surface area contributed by atoms with Gasteiger partial charge in [0.1, 0.15) is 5.82 Å². The molecule has 0 aliphatic rings. The average molecular weight is 399 g/mol. The minimum Gasteiger partial charge on any atom is -0.324 e. The Morgan fingerprint density at radius 1 is 0.867 bits per heavy atom. The van der Waals surface area contributed by atoms with E-state index in [1.165, 1.54) is 25.1 Å². The van der Waals surface area contributed by atoms with E-state index in [1.807, 2.05) is 54.6 Å². The highest BCUT2D eigenvalue weighted by molar-refractivity contribution is 6.13. The van der Waals surface area contributed by atoms with Crippen LogP contribution in [0.5, 0.6) is 0 Å². The van der Waals surface area contributed by atoms with Crippen molar-refractivity contribution in [2.45, 2.75) is 6.92 Å². The van der Waals surface area contributed by atoms with Crippen LogP contribution in [0.2, 0.25) is 0 Å². The fraction of sp³-hybridized carbons (Fsp3) is 0.0417. The van der Waals surface area contributed by atoms with Gasteiger partial charge in [0.05, 0.1) is 22.5 Å². The molecule has 0 saturated carbocycles. The standard InChI is InChI=1S/C24H18FN3O2/c1-15(29)26-23-13-17(11-12-20(23)25)27-24(30)19-14-22(16-7-3-2-4-8-16)28-21-10-6-5-9-18(19)21/h2-14H,1H3,(H,26,29)(H,27,30). The molecular formula is C24H18FN3O2. The molecule has 0 fully saturated rings. The SMILES string of the molecule is CC(=O)Nc1cc(NC(=O)c2cc(-c3ccccc3)nc3ccccc23)ccc1F. The first-order chi connectivity index (χ1) is 14.5. The van der Waals surface area contributed by atoms with Gasteiger partial charge in [0, 0.05) is 23.6 Å². The average Bonchev–Trinajstić information content (AvgIpc) is 2.75. The summed E-state index contributed by atoms with van der Waals surface area (Å²) in [6, 6.07) is 22.8. The lowest BCUT2D eigenvalue weighted by atomic mass is 10.0. The Kier molecular flexibility index (Phi) is 5.22. The Labute approximate surface area is 172 Å². The Morgan fingerprint density at radius 2 is 1.60 bits per heavy atom. The third-order valence-electron chi connectivity index (χ3n) is 4.57. The molecule has 0 aliphatic heterocycles. The fourth-order valence-electron chi connectivity index (χ4n) is 3.21. The van der Waals surface area contributed by atoms with E-state index in [0.717, 1.165) is 5.56 Å². The maximum Gasteiger partial charge on any atom is 0.256 e. The number of rotatable bonds is 4. The molecule has 30 heavy (non-hydrogen) atoms. The molecule has 148 valence electrons. The molecule has 1 aromatic heterocycles. The number of fused-ring (bicyclic) bond motifs is 1. The van der Waals surface area contributed by atoms with E-state index >= 15 is 0 Å². The molecule has 0 saturated heterocycles. The van der Waals surface area contributed by atoms with E-state index in [-0.39, 0.29) is 11.6 Å². The second-order valence-corrected chi connectivity index (χ2v) is 6.77. The zero-order valence-corrected chi connectivity index (χ0v) is 16.1. The summed E-state index contributed by atoms with van der Waals surface area (Å²) in [5, 5.41) is 5.90. The lowest BCUT2D eigenvalue weighted by molar-refractivity contribution is -0.114. The molecule has 2 N–H and O–H groups in total. The number of benzene rings is 3. The van der Waals surface area contributed by atoms with Crippen molar-refractivity contribution in [1.29, 1.82) is 0 Å². The van der Waals surface area contributed by atoms with Crippen LogP contribution in [-0.2, 0) is 4.79 Å². The van der Waals surface area contributed by atoms with Crippen molar-refractivity contribution in [3.8, 4) is 11.3 Å². The molecule has 1 heterocycles. The molecule has 5 nitrogen and oxygen atoms in total. The second kappa shape index (κ2) is 8.13. The number of carbonyl (C=O) groups excluding carboxylic acids is 2. The third kappa shape index (κ3) is 4.03. The molecule has 0 bridgehead atoms. The Balaban J connectivity index is 1.74. The smallest absolute Gasteiger partial charge is 0.256 e. The van der Waals surface area contributed by atoms with Crippen LogP contribution in [0.4, 0.5) is 15.8 Å². The van der Waals surface area contributed by atoms with Gasteiger partial charge < -0.3 is 10.6 Å². The lowest BCUT2D eigenvalue weighted by Crippen LogP contribution is -2.14. The summed E-state index contributed by atoms with van der Waals surface area (Å²) in [7, 11) is 0. The van der Waals surface area contributed by atoms with Crippen LogP contribution in [-0.4, -0.2) is 16.8 Å². The molecule has 0 unspecified atom stereocenters. The van der Waals surface area contributed by atoms with Crippen LogP contribution in [0.1, 0.15) is 17.3 Å². The molecule has 4 rings (SSSR count). The highest BCUT2D eigenvalue weighted by Crippen LogP contribution is 2.26. The number of aromatic nitrogens is 1. The topological polar surface area (TPSA) is 71.1 Å². The van der Waals surface area contributed by atoms with Crippen molar-refractivity contribution in [3.63, 3.8) is 0 Å². The predicted molar refractivity (Wildman–Crippen MR) is 116 cm³/mol. The summed E-state index contributed by atoms with van der Waals surface area (Å²) in [6.45, 7) is 1.29. The molecule has 0 radical (unpaired) electrons. The molecule has 0 spiro atoms. The maximum atomic E-state index is 13.9. The van der Waals surface area contributed by atoms with Gasteiger partial charge in [-0.05, 0) is 30.3 Å². The summed E-state index contributed by atoms with van der Waals surface area (Å²) in [6.07, 6.45) is 0. The molecule has 0 aliphatic carbocycles. The molecule has 6 heteroatoms. The van der Waals surface area contributed by atoms with Gasteiger partial charge in [0.25, 0.3) is 5.91 Å². The van der Waals surface area contributed by atoms with Crippen molar-refractivity contribution in [1.82, 2.24) is 4.98 Å². The number of pyridine rings is 1. The van der Waals surface area contributed by atoms with E-state index in [1.54, 1.807) is 6.07 Å². The van der Waals surface area contributed by atoms with E-state index in [0.29, 0.717) is 27.8 Å². The van der Waals surface area contributed by atoms with Gasteiger partial charge >= 0.3 is 0 Å². The van der Waals surface area contributed by atoms with Crippen LogP contribution in [0.15, 0.2) is 78.9 Å². The normalized spacial score (nSPS) is 10.6. The summed E-state index contributed by atoms with van der Waals surface area (Å²) < 4.78 is 13.9. The molecule has 2 amide bonds. The predicted octanol–water partition coefficient (Wildman–Crippen LogP) is 5.25. The van der Waals surface area contributed by atoms with Crippen molar-refractivity contribution in [2.75, 3.05) is 10.6 Å². The lowest BCUT2D eigenvalue weighted by Gasteiger charge is -2.12. The minimum atomic E-state index is -0.580. The number of carbonyl (C=O) groups is 2. The summed E-state index contributed by atoms with van der Waals surface area (Å²) in [5.41, 5.74) is 3.09. The first-order valence-corrected chi connectivity index (χ1v) is 9.35. The van der Waals surface area contributed by atoms with E-state index < -0.39 is 11.7 Å². The maximum absolute atomic E-state index is 13.9. The number of halogens is 1. The highest BCUT2D eigenvalue weighted by Gasteiger charge is 2.15. The van der Waals surface area contributed by atoms with Gasteiger partial charge in [-0.1, -0.05) is 48.5 Å². The van der Waals surface area contributed by atoms with Crippen LogP contribution in [0.25, 0.3) is 22.2 Å². The molecule has 4 aromatic rings. The molecule has 0 atom stereocenters. The summed E-state index contributed by atoms with van der Waals surface area (Å²) in [4.78, 5) is 29.1. The van der Waals surface area contributed by atoms with Crippen LogP contribution >= 0.6 is 0 Å². The van der Waals surface area contributed by atoms with Gasteiger partial charge in [-0.15, -0.1) is 0 Å². The van der Waals surface area contributed by atoms with Crippen LogP contribution in [0, 0.1) is 5.82 Å². The summed E-state index contributed by atoms with van der Waals surface area (Å²) >= 11 is 0. The van der Waals surface area contributed by atoms with Gasteiger partial charge in [-0.3, -0.25) is 9.59 Å². The number of hydrogen-bond acceptors (Lipinski definition) is 3. The minimum absolute atomic E-state index is 0.00450. The largest absolute Gasteiger partial charge is 0.324 e. The van der Waals surface area contributed by atoms with E-state index in [4.69, 9.17) is 0 Å². The summed E-state index contributed by atoms with van der Waals surface area (Å²) in [5.74, 6) is -1.33. The number of amides is 2. The van der Waals surface area contributed by atoms with Crippen molar-refractivity contribution >= 4 is 34.1 Å². The molecule has 3 aromatic carbocycles. The Morgan fingerprint density at radius 3 is 2.37 bits per heavy atom. The van der Waals surface area contributed by atoms with Gasteiger partial charge in [-0.25, -0.2) is 9.37 Å². The Bertz CT molecular complexity index is 1260. The van der Waals surface area contributed by atoms with Crippen molar-refractivity contribution in [3.05, 3.63) is 90.2 Å². The zero-order valence-electron chi connectivity index (χ0n) is 16.1. The van der Waals surface area contributed by atoms with Gasteiger partial charge in [-0.2, -0.15) is 0 Å². The number of para-hydroxylation sites is 1. The second-order valence-electron chi connectivity index (χ2n) is 6.77. The number of nitrogens with one attached hydrogen (secondary N) is 2. The Hall–Kier alpha value is -4.06. The monoisotopic (exact) mass is 399 g/mol. The fourth-order valence-corrected chi connectivity index (χ4v) is 3.21. The first kappa shape index (κ1) is 19.3. The highest BCUT2D eigenvalue weighted by atomic mass is 19.1. The van der Waals surface area contributed by atoms with Crippen molar-refractivity contribution in [2.24, 2.45) is 0 Å². The molecular weight excluding hydrogens is 381 g/mol. The van der Waals surface area contributed by atoms with Gasteiger partial charge in [0.15, 0.2) is 0 Å².